The summed E-state index contributed by atoms with van der Waals surface area (Å²) in [6, 6.07) is 3.10. The zero-order valence-corrected chi connectivity index (χ0v) is 11.2. The van der Waals surface area contributed by atoms with Crippen LogP contribution in [-0.4, -0.2) is 26.6 Å². The highest BCUT2D eigenvalue weighted by atomic mass is 35.7. The Morgan fingerprint density at radius 3 is 2.58 bits per heavy atom. The molecule has 1 aliphatic heterocycles. The van der Waals surface area contributed by atoms with Crippen LogP contribution in [0.4, 0.5) is 14.5 Å². The van der Waals surface area contributed by atoms with Gasteiger partial charge in [-0.3, -0.25) is 4.79 Å². The summed E-state index contributed by atoms with van der Waals surface area (Å²) >= 11 is 0. The summed E-state index contributed by atoms with van der Waals surface area (Å²) in [5.74, 6) is -3.16. The van der Waals surface area contributed by atoms with Crippen molar-refractivity contribution in [3.05, 3.63) is 29.8 Å². The van der Waals surface area contributed by atoms with Crippen molar-refractivity contribution in [1.82, 2.24) is 0 Å². The highest BCUT2D eigenvalue weighted by Crippen LogP contribution is 2.27. The Bertz CT molecular complexity index is 620. The summed E-state index contributed by atoms with van der Waals surface area (Å²) in [7, 11) is 1.44. The monoisotopic (exact) mass is 309 g/mol. The lowest BCUT2D eigenvalue weighted by molar-refractivity contribution is -0.117. The zero-order valence-electron chi connectivity index (χ0n) is 9.64. The van der Waals surface area contributed by atoms with E-state index in [9.17, 15) is 22.0 Å². The number of halogens is 3. The Kier molecular flexibility index (Phi) is 3.78. The molecule has 1 unspecified atom stereocenters. The first-order chi connectivity index (χ1) is 8.76. The first-order valence-corrected chi connectivity index (χ1v) is 7.92. The molecule has 0 spiro atoms. The van der Waals surface area contributed by atoms with Gasteiger partial charge in [-0.15, -0.1) is 0 Å². The Hall–Kier alpha value is -1.21. The van der Waals surface area contributed by atoms with Gasteiger partial charge in [0.15, 0.2) is 11.6 Å². The highest BCUT2D eigenvalue weighted by molar-refractivity contribution is 8.13. The van der Waals surface area contributed by atoms with Gasteiger partial charge in [-0.2, -0.15) is 0 Å². The fraction of sp³-hybridized carbons (Fsp3) is 0.364. The number of nitrogens with zero attached hydrogens (tertiary/aromatic N) is 1. The van der Waals surface area contributed by atoms with Crippen molar-refractivity contribution < 1.29 is 22.0 Å². The molecule has 104 valence electrons. The number of anilines is 1. The van der Waals surface area contributed by atoms with Crippen LogP contribution in [-0.2, 0) is 13.8 Å². The van der Waals surface area contributed by atoms with Gasteiger partial charge in [0, 0.05) is 41.3 Å². The minimum absolute atomic E-state index is 0.0188. The van der Waals surface area contributed by atoms with Crippen LogP contribution in [0.2, 0.25) is 0 Å². The Morgan fingerprint density at radius 1 is 1.32 bits per heavy atom. The number of amides is 1. The molecule has 1 aromatic rings. The van der Waals surface area contributed by atoms with Crippen LogP contribution in [0.15, 0.2) is 18.2 Å². The van der Waals surface area contributed by atoms with Gasteiger partial charge in [0.05, 0.1) is 5.75 Å². The molecule has 2 rings (SSSR count). The standard InChI is InChI=1S/C11H10ClF2NO3S/c12-19(17,18)6-7-3-11(16)15(5-7)8-1-2-9(13)10(14)4-8/h1-2,4,7H,3,5-6H2. The van der Waals surface area contributed by atoms with Gasteiger partial charge < -0.3 is 4.90 Å². The van der Waals surface area contributed by atoms with Crippen molar-refractivity contribution in [3.63, 3.8) is 0 Å². The van der Waals surface area contributed by atoms with Crippen molar-refractivity contribution in [1.29, 1.82) is 0 Å². The zero-order chi connectivity index (χ0) is 14.2. The Labute approximate surface area is 113 Å². The van der Waals surface area contributed by atoms with Crippen molar-refractivity contribution in [3.8, 4) is 0 Å². The molecule has 0 aliphatic carbocycles. The molecule has 1 aliphatic rings. The topological polar surface area (TPSA) is 54.5 Å². The van der Waals surface area contributed by atoms with Crippen LogP contribution >= 0.6 is 10.7 Å². The van der Waals surface area contributed by atoms with Crippen molar-refractivity contribution >= 4 is 31.3 Å². The number of benzene rings is 1. The summed E-state index contributed by atoms with van der Waals surface area (Å²) in [5, 5.41) is 0. The summed E-state index contributed by atoms with van der Waals surface area (Å²) < 4.78 is 47.8. The molecular formula is C11H10ClF2NO3S. The van der Waals surface area contributed by atoms with Crippen molar-refractivity contribution in [2.24, 2.45) is 5.92 Å². The molecule has 1 atom stereocenters. The summed E-state index contributed by atoms with van der Waals surface area (Å²) in [6.45, 7) is 0.121. The van der Waals surface area contributed by atoms with E-state index in [0.717, 1.165) is 12.1 Å². The second kappa shape index (κ2) is 5.05. The summed E-state index contributed by atoms with van der Waals surface area (Å²) in [5.41, 5.74) is 0.207. The van der Waals surface area contributed by atoms with E-state index in [2.05, 4.69) is 0 Å². The third-order valence-corrected chi connectivity index (χ3v) is 4.10. The van der Waals surface area contributed by atoms with E-state index in [4.69, 9.17) is 10.7 Å². The maximum atomic E-state index is 13.1. The molecule has 1 fully saturated rings. The molecule has 1 amide bonds. The van der Waals surface area contributed by atoms with E-state index in [-0.39, 0.29) is 30.3 Å². The third kappa shape index (κ3) is 3.42. The molecule has 0 bridgehead atoms. The number of rotatable bonds is 3. The van der Waals surface area contributed by atoms with Crippen LogP contribution in [0.5, 0.6) is 0 Å². The quantitative estimate of drug-likeness (QED) is 0.801. The predicted molar refractivity (Wildman–Crippen MR) is 66.5 cm³/mol. The van der Waals surface area contributed by atoms with Gasteiger partial charge in [0.1, 0.15) is 0 Å². The lowest BCUT2D eigenvalue weighted by atomic mass is 10.1. The molecule has 4 nitrogen and oxygen atoms in total. The second-order valence-corrected chi connectivity index (χ2v) is 7.20. The average Bonchev–Trinajstić information content (AvgIpc) is 2.61. The highest BCUT2D eigenvalue weighted by Gasteiger charge is 2.33. The number of carbonyl (C=O) groups is 1. The lowest BCUT2D eigenvalue weighted by Crippen LogP contribution is -2.25. The van der Waals surface area contributed by atoms with Crippen LogP contribution in [0.3, 0.4) is 0 Å². The molecule has 0 N–H and O–H groups in total. The first-order valence-electron chi connectivity index (χ1n) is 5.44. The van der Waals surface area contributed by atoms with Gasteiger partial charge in [-0.1, -0.05) is 0 Å². The lowest BCUT2D eigenvalue weighted by Gasteiger charge is -2.16. The van der Waals surface area contributed by atoms with Crippen molar-refractivity contribution in [2.75, 3.05) is 17.2 Å². The van der Waals surface area contributed by atoms with Gasteiger partial charge in [-0.25, -0.2) is 17.2 Å². The van der Waals surface area contributed by atoms with Crippen LogP contribution in [0, 0.1) is 17.6 Å². The smallest absolute Gasteiger partial charge is 0.232 e. The minimum atomic E-state index is -3.69. The van der Waals surface area contributed by atoms with E-state index in [1.54, 1.807) is 0 Å². The van der Waals surface area contributed by atoms with E-state index >= 15 is 0 Å². The van der Waals surface area contributed by atoms with Gasteiger partial charge in [0.2, 0.25) is 15.0 Å². The molecule has 0 saturated carbocycles. The molecule has 1 heterocycles. The number of hydrogen-bond acceptors (Lipinski definition) is 3. The largest absolute Gasteiger partial charge is 0.312 e. The average molecular weight is 310 g/mol. The summed E-state index contributed by atoms with van der Waals surface area (Å²) in [6.07, 6.45) is 0.0188. The van der Waals surface area contributed by atoms with Gasteiger partial charge in [-0.05, 0) is 12.1 Å². The van der Waals surface area contributed by atoms with Gasteiger partial charge in [0.25, 0.3) is 0 Å². The second-order valence-electron chi connectivity index (χ2n) is 4.38. The normalized spacial score (nSPS) is 20.1. The fourth-order valence-corrected chi connectivity index (χ4v) is 3.40. The van der Waals surface area contributed by atoms with E-state index in [1.807, 2.05) is 0 Å². The van der Waals surface area contributed by atoms with Crippen LogP contribution in [0.25, 0.3) is 0 Å². The maximum Gasteiger partial charge on any atom is 0.232 e. The molecule has 8 heteroatoms. The molecule has 0 aromatic heterocycles. The third-order valence-electron chi connectivity index (χ3n) is 2.85. The van der Waals surface area contributed by atoms with Crippen molar-refractivity contribution in [2.45, 2.75) is 6.42 Å². The molecule has 1 aromatic carbocycles. The fourth-order valence-electron chi connectivity index (χ4n) is 2.08. The Balaban J connectivity index is 2.18. The predicted octanol–water partition coefficient (Wildman–Crippen LogP) is 1.89. The molecule has 1 saturated heterocycles. The minimum Gasteiger partial charge on any atom is -0.312 e. The number of hydrogen-bond donors (Lipinski definition) is 0. The van der Waals surface area contributed by atoms with Crippen LogP contribution in [0.1, 0.15) is 6.42 Å². The molecular weight excluding hydrogens is 300 g/mol. The van der Waals surface area contributed by atoms with Gasteiger partial charge >= 0.3 is 0 Å². The molecule has 19 heavy (non-hydrogen) atoms. The maximum absolute atomic E-state index is 13.1. The summed E-state index contributed by atoms with van der Waals surface area (Å²) in [4.78, 5) is 13.0. The Morgan fingerprint density at radius 2 is 2.00 bits per heavy atom. The van der Waals surface area contributed by atoms with Crippen LogP contribution < -0.4 is 4.90 Å². The van der Waals surface area contributed by atoms with E-state index in [0.29, 0.717) is 0 Å². The number of carbonyl (C=O) groups excluding carboxylic acids is 1. The van der Waals surface area contributed by atoms with E-state index in [1.165, 1.54) is 11.0 Å². The first kappa shape index (κ1) is 14.2. The van der Waals surface area contributed by atoms with E-state index < -0.39 is 26.6 Å². The molecule has 0 radical (unpaired) electrons. The SMILES string of the molecule is O=C1CC(CS(=O)(=O)Cl)CN1c1ccc(F)c(F)c1.